The lowest BCUT2D eigenvalue weighted by Gasteiger charge is -2.35. The molecule has 2 aromatic carbocycles. The summed E-state index contributed by atoms with van der Waals surface area (Å²) in [5.74, 6) is 0.719. The number of para-hydroxylation sites is 1. The number of nitrogens with zero attached hydrogens (tertiary/aromatic N) is 5. The summed E-state index contributed by atoms with van der Waals surface area (Å²) in [7, 11) is 1.83. The van der Waals surface area contributed by atoms with Crippen LogP contribution in [0, 0.1) is 0 Å². The number of halogens is 2. The van der Waals surface area contributed by atoms with Gasteiger partial charge in [0.2, 0.25) is 5.95 Å². The molecule has 0 bridgehead atoms. The van der Waals surface area contributed by atoms with Crippen molar-refractivity contribution in [3.63, 3.8) is 0 Å². The highest BCUT2D eigenvalue weighted by Gasteiger charge is 2.33. The molecular formula is C30H34Cl2N6O4. The lowest BCUT2D eigenvalue weighted by atomic mass is 9.86. The van der Waals surface area contributed by atoms with Crippen molar-refractivity contribution in [2.75, 3.05) is 41.9 Å². The van der Waals surface area contributed by atoms with Gasteiger partial charge in [0.15, 0.2) is 0 Å². The molecule has 2 aliphatic rings. The first kappa shape index (κ1) is 29.9. The number of aliphatic hydroxyl groups excluding tert-OH is 1. The van der Waals surface area contributed by atoms with Crippen molar-refractivity contribution < 1.29 is 19.4 Å². The minimum atomic E-state index is -0.529. The summed E-state index contributed by atoms with van der Waals surface area (Å²) in [5.41, 5.74) is 2.81. The van der Waals surface area contributed by atoms with Crippen LogP contribution in [0.5, 0.6) is 0 Å². The number of aromatic nitrogens is 2. The summed E-state index contributed by atoms with van der Waals surface area (Å²) >= 11 is 12.7. The van der Waals surface area contributed by atoms with Gasteiger partial charge >= 0.3 is 6.09 Å². The van der Waals surface area contributed by atoms with Crippen LogP contribution < -0.4 is 15.1 Å². The van der Waals surface area contributed by atoms with E-state index in [0.29, 0.717) is 51.8 Å². The number of ether oxygens (including phenoxy) is 1. The molecule has 2 aliphatic heterocycles. The number of benzene rings is 2. The third kappa shape index (κ3) is 6.25. The maximum absolute atomic E-state index is 13.4. The molecule has 2 amide bonds. The Bertz CT molecular complexity index is 1480. The van der Waals surface area contributed by atoms with Crippen LogP contribution in [0.2, 0.25) is 10.0 Å². The molecule has 12 heteroatoms. The van der Waals surface area contributed by atoms with E-state index in [1.165, 1.54) is 11.1 Å². The highest BCUT2D eigenvalue weighted by molar-refractivity contribution is 6.40. The predicted octanol–water partition coefficient (Wildman–Crippen LogP) is 6.19. The van der Waals surface area contributed by atoms with Gasteiger partial charge in [-0.05, 0) is 74.9 Å². The molecular weight excluding hydrogens is 579 g/mol. The van der Waals surface area contributed by atoms with E-state index in [-0.39, 0.29) is 31.2 Å². The quantitative estimate of drug-likeness (QED) is 0.351. The monoisotopic (exact) mass is 612 g/mol. The SMILES string of the molecule is CN1CN(c2c(Cl)cccc2Cl)C(=O)c2cnc(Nc3ccc(C4CCN(C(=O)OC(C)(C)C)CC4)c(CO)c3)nc21. The molecule has 1 aromatic heterocycles. The molecule has 10 nitrogen and oxygen atoms in total. The molecule has 0 spiro atoms. The maximum atomic E-state index is 13.4. The fraction of sp³-hybridized carbons (Fsp3) is 0.400. The predicted molar refractivity (Wildman–Crippen MR) is 164 cm³/mol. The fourth-order valence-corrected chi connectivity index (χ4v) is 5.93. The standard InChI is InChI=1S/C30H34Cl2N6O4/c1-30(2,3)42-29(41)37-12-10-18(11-13-37)21-9-8-20(14-19(21)16-39)34-28-33-15-22-26(35-28)36(4)17-38(27(22)40)25-23(31)6-5-7-24(25)32/h5-9,14-15,18,39H,10-13,16-17H2,1-4H3,(H,33,34,35). The molecule has 3 aromatic rings. The first-order valence-corrected chi connectivity index (χ1v) is 14.5. The molecule has 42 heavy (non-hydrogen) atoms. The van der Waals surface area contributed by atoms with E-state index in [4.69, 9.17) is 27.9 Å². The summed E-state index contributed by atoms with van der Waals surface area (Å²) in [5, 5.41) is 14.1. The highest BCUT2D eigenvalue weighted by Crippen LogP contribution is 2.38. The summed E-state index contributed by atoms with van der Waals surface area (Å²) in [6, 6.07) is 10.9. The van der Waals surface area contributed by atoms with Crippen molar-refractivity contribution >= 4 is 58.3 Å². The Kier molecular flexibility index (Phi) is 8.50. The topological polar surface area (TPSA) is 111 Å². The average molecular weight is 614 g/mol. The summed E-state index contributed by atoms with van der Waals surface area (Å²) in [4.78, 5) is 39.9. The molecule has 0 aliphatic carbocycles. The molecule has 0 saturated carbocycles. The Morgan fingerprint density at radius 1 is 1.14 bits per heavy atom. The number of hydrogen-bond acceptors (Lipinski definition) is 8. The number of rotatable bonds is 5. The van der Waals surface area contributed by atoms with Gasteiger partial charge in [-0.1, -0.05) is 35.3 Å². The highest BCUT2D eigenvalue weighted by atomic mass is 35.5. The normalized spacial score (nSPS) is 16.0. The van der Waals surface area contributed by atoms with Gasteiger partial charge in [-0.25, -0.2) is 9.78 Å². The number of carbonyl (C=O) groups is 2. The molecule has 5 rings (SSSR count). The summed E-state index contributed by atoms with van der Waals surface area (Å²) in [6.07, 6.45) is 2.76. The molecule has 0 atom stereocenters. The zero-order chi connectivity index (χ0) is 30.2. The number of fused-ring (bicyclic) bond motifs is 1. The van der Waals surface area contributed by atoms with Crippen LogP contribution in [0.1, 0.15) is 61.0 Å². The van der Waals surface area contributed by atoms with E-state index in [1.807, 2.05) is 50.9 Å². The van der Waals surface area contributed by atoms with Gasteiger partial charge in [-0.2, -0.15) is 4.98 Å². The van der Waals surface area contributed by atoms with Crippen molar-refractivity contribution in [2.45, 2.75) is 51.7 Å². The van der Waals surface area contributed by atoms with Gasteiger partial charge in [-0.15, -0.1) is 0 Å². The minimum Gasteiger partial charge on any atom is -0.444 e. The van der Waals surface area contributed by atoms with Crippen molar-refractivity contribution in [2.24, 2.45) is 0 Å². The van der Waals surface area contributed by atoms with Gasteiger partial charge in [0.25, 0.3) is 5.91 Å². The average Bonchev–Trinajstić information content (AvgIpc) is 2.94. The lowest BCUT2D eigenvalue weighted by molar-refractivity contribution is 0.0204. The number of likely N-dealkylation sites (tertiary alicyclic amines) is 1. The van der Waals surface area contributed by atoms with Crippen molar-refractivity contribution in [1.82, 2.24) is 14.9 Å². The van der Waals surface area contributed by atoms with E-state index in [9.17, 15) is 14.7 Å². The van der Waals surface area contributed by atoms with Crippen molar-refractivity contribution in [3.8, 4) is 0 Å². The van der Waals surface area contributed by atoms with Crippen LogP contribution in [-0.4, -0.2) is 64.4 Å². The zero-order valence-corrected chi connectivity index (χ0v) is 25.5. The molecule has 0 unspecified atom stereocenters. The first-order chi connectivity index (χ1) is 19.9. The molecule has 222 valence electrons. The minimum absolute atomic E-state index is 0.125. The number of hydrogen-bond donors (Lipinski definition) is 2. The van der Waals surface area contributed by atoms with Crippen LogP contribution >= 0.6 is 23.2 Å². The Balaban J connectivity index is 1.29. The van der Waals surface area contributed by atoms with Gasteiger partial charge in [-0.3, -0.25) is 9.69 Å². The molecule has 2 N–H and O–H groups in total. The number of amides is 2. The van der Waals surface area contributed by atoms with Gasteiger partial charge in [0, 0.05) is 32.0 Å². The van der Waals surface area contributed by atoms with E-state index in [2.05, 4.69) is 15.3 Å². The summed E-state index contributed by atoms with van der Waals surface area (Å²) < 4.78 is 5.51. The van der Waals surface area contributed by atoms with Gasteiger partial charge < -0.3 is 25.0 Å². The Hall–Kier alpha value is -3.60. The van der Waals surface area contributed by atoms with Crippen LogP contribution in [0.4, 0.5) is 27.9 Å². The Morgan fingerprint density at radius 3 is 2.48 bits per heavy atom. The Morgan fingerprint density at radius 2 is 1.83 bits per heavy atom. The Labute approximate surface area is 255 Å². The van der Waals surface area contributed by atoms with Gasteiger partial charge in [0.05, 0.1) is 29.0 Å². The molecule has 1 fully saturated rings. The van der Waals surface area contributed by atoms with Crippen LogP contribution in [0.25, 0.3) is 0 Å². The van der Waals surface area contributed by atoms with Crippen molar-refractivity contribution in [3.05, 3.63) is 69.3 Å². The second-order valence-electron chi connectivity index (χ2n) is 11.5. The zero-order valence-electron chi connectivity index (χ0n) is 24.0. The van der Waals surface area contributed by atoms with Crippen LogP contribution in [0.3, 0.4) is 0 Å². The number of piperidine rings is 1. The number of carbonyl (C=O) groups excluding carboxylic acids is 2. The van der Waals surface area contributed by atoms with E-state index >= 15 is 0 Å². The maximum Gasteiger partial charge on any atom is 0.410 e. The number of aliphatic hydroxyl groups is 1. The van der Waals surface area contributed by atoms with E-state index in [0.717, 1.165) is 24.0 Å². The molecule has 3 heterocycles. The second-order valence-corrected chi connectivity index (χ2v) is 12.3. The number of nitrogens with one attached hydrogen (secondary N) is 1. The molecule has 0 radical (unpaired) electrons. The van der Waals surface area contributed by atoms with Gasteiger partial charge in [0.1, 0.15) is 17.0 Å². The van der Waals surface area contributed by atoms with E-state index in [1.54, 1.807) is 23.1 Å². The van der Waals surface area contributed by atoms with Crippen molar-refractivity contribution in [1.29, 1.82) is 0 Å². The lowest BCUT2D eigenvalue weighted by Crippen LogP contribution is -2.46. The largest absolute Gasteiger partial charge is 0.444 e. The third-order valence-corrected chi connectivity index (χ3v) is 7.93. The molecule has 1 saturated heterocycles. The number of anilines is 4. The second kappa shape index (κ2) is 11.9. The summed E-state index contributed by atoms with van der Waals surface area (Å²) in [6.45, 7) is 6.86. The van der Waals surface area contributed by atoms with Crippen LogP contribution in [0.15, 0.2) is 42.6 Å². The fourth-order valence-electron chi connectivity index (χ4n) is 5.33. The van der Waals surface area contributed by atoms with Crippen LogP contribution in [-0.2, 0) is 11.3 Å². The van der Waals surface area contributed by atoms with E-state index < -0.39 is 5.60 Å². The first-order valence-electron chi connectivity index (χ1n) is 13.8. The smallest absolute Gasteiger partial charge is 0.410 e. The third-order valence-electron chi connectivity index (χ3n) is 7.32.